The predicted octanol–water partition coefficient (Wildman–Crippen LogP) is 3.20. The molecule has 2 aromatic rings. The maximum Gasteiger partial charge on any atom is 0.338 e. The summed E-state index contributed by atoms with van der Waals surface area (Å²) in [7, 11) is 1.52. The van der Waals surface area contributed by atoms with E-state index in [1.54, 1.807) is 24.4 Å². The zero-order valence-corrected chi connectivity index (χ0v) is 16.1. The number of rotatable bonds is 8. The van der Waals surface area contributed by atoms with Crippen LogP contribution in [-0.2, 0) is 9.53 Å². The quantitative estimate of drug-likeness (QED) is 0.700. The molecule has 0 unspecified atom stereocenters. The van der Waals surface area contributed by atoms with E-state index in [-0.39, 0.29) is 12.2 Å². The third-order valence-electron chi connectivity index (χ3n) is 4.64. The SMILES string of the molecule is CCOc1cc(C(=O)OCC(=O)Nc2ccnn2C2CCCC2)ccc1OC. The topological polar surface area (TPSA) is 91.7 Å². The first kappa shape index (κ1) is 19.7. The Kier molecular flexibility index (Phi) is 6.52. The number of anilines is 1. The second-order valence-corrected chi connectivity index (χ2v) is 6.52. The number of aromatic nitrogens is 2. The number of carbonyl (C=O) groups excluding carboxylic acids is 2. The second-order valence-electron chi connectivity index (χ2n) is 6.52. The van der Waals surface area contributed by atoms with Crippen molar-refractivity contribution in [2.75, 3.05) is 25.6 Å². The fourth-order valence-electron chi connectivity index (χ4n) is 3.32. The summed E-state index contributed by atoms with van der Waals surface area (Å²) >= 11 is 0. The van der Waals surface area contributed by atoms with Crippen molar-refractivity contribution in [1.29, 1.82) is 0 Å². The summed E-state index contributed by atoms with van der Waals surface area (Å²) in [4.78, 5) is 24.5. The highest BCUT2D eigenvalue weighted by atomic mass is 16.5. The van der Waals surface area contributed by atoms with Gasteiger partial charge >= 0.3 is 5.97 Å². The highest BCUT2D eigenvalue weighted by Gasteiger charge is 2.21. The lowest BCUT2D eigenvalue weighted by Crippen LogP contribution is -2.23. The molecule has 0 spiro atoms. The van der Waals surface area contributed by atoms with Crippen molar-refractivity contribution in [3.63, 3.8) is 0 Å². The Balaban J connectivity index is 1.57. The van der Waals surface area contributed by atoms with Crippen LogP contribution in [0.15, 0.2) is 30.5 Å². The molecular weight excluding hydrogens is 362 g/mol. The number of benzene rings is 1. The molecule has 3 rings (SSSR count). The Morgan fingerprint density at radius 2 is 2.00 bits per heavy atom. The van der Waals surface area contributed by atoms with Crippen LogP contribution in [0.2, 0.25) is 0 Å². The Morgan fingerprint density at radius 3 is 2.71 bits per heavy atom. The van der Waals surface area contributed by atoms with Crippen LogP contribution < -0.4 is 14.8 Å². The van der Waals surface area contributed by atoms with Gasteiger partial charge in [0, 0.05) is 6.07 Å². The molecule has 0 aliphatic heterocycles. The molecule has 1 N–H and O–H groups in total. The summed E-state index contributed by atoms with van der Waals surface area (Å²) in [5, 5.41) is 7.07. The third kappa shape index (κ3) is 4.62. The van der Waals surface area contributed by atoms with Gasteiger partial charge in [-0.1, -0.05) is 12.8 Å². The largest absolute Gasteiger partial charge is 0.493 e. The molecule has 1 aromatic heterocycles. The first-order chi connectivity index (χ1) is 13.6. The van der Waals surface area contributed by atoms with Crippen molar-refractivity contribution in [2.24, 2.45) is 0 Å². The molecule has 1 aliphatic rings. The standard InChI is InChI=1S/C20H25N3O5/c1-3-27-17-12-14(8-9-16(17)26-2)20(25)28-13-19(24)22-18-10-11-21-23(18)15-6-4-5-7-15/h8-12,15H,3-7,13H2,1-2H3,(H,22,24). The van der Waals surface area contributed by atoms with Gasteiger partial charge in [-0.25, -0.2) is 9.48 Å². The van der Waals surface area contributed by atoms with E-state index in [1.807, 2.05) is 11.6 Å². The van der Waals surface area contributed by atoms with E-state index in [9.17, 15) is 9.59 Å². The molecule has 0 radical (unpaired) electrons. The highest BCUT2D eigenvalue weighted by molar-refractivity contribution is 5.95. The van der Waals surface area contributed by atoms with Gasteiger partial charge in [0.2, 0.25) is 0 Å². The fraction of sp³-hybridized carbons (Fsp3) is 0.450. The van der Waals surface area contributed by atoms with Crippen LogP contribution >= 0.6 is 0 Å². The van der Waals surface area contributed by atoms with Gasteiger partial charge in [0.1, 0.15) is 5.82 Å². The van der Waals surface area contributed by atoms with Gasteiger partial charge in [0.25, 0.3) is 5.91 Å². The first-order valence-electron chi connectivity index (χ1n) is 9.43. The number of esters is 1. The minimum Gasteiger partial charge on any atom is -0.493 e. The fourth-order valence-corrected chi connectivity index (χ4v) is 3.32. The van der Waals surface area contributed by atoms with Crippen LogP contribution in [0.1, 0.15) is 49.0 Å². The zero-order chi connectivity index (χ0) is 19.9. The monoisotopic (exact) mass is 387 g/mol. The minimum absolute atomic E-state index is 0.285. The zero-order valence-electron chi connectivity index (χ0n) is 16.1. The van der Waals surface area contributed by atoms with E-state index in [0.717, 1.165) is 12.8 Å². The summed E-state index contributed by atoms with van der Waals surface area (Å²) in [6.45, 7) is 1.89. The molecule has 0 bridgehead atoms. The smallest absolute Gasteiger partial charge is 0.338 e. The molecule has 1 saturated carbocycles. The molecule has 1 aliphatic carbocycles. The molecule has 8 nitrogen and oxygen atoms in total. The van der Waals surface area contributed by atoms with Crippen LogP contribution in [0.4, 0.5) is 5.82 Å². The Labute approximate surface area is 163 Å². The van der Waals surface area contributed by atoms with Crippen LogP contribution in [-0.4, -0.2) is 42.0 Å². The number of nitrogens with zero attached hydrogens (tertiary/aromatic N) is 2. The summed E-state index contributed by atoms with van der Waals surface area (Å²) < 4.78 is 17.6. The van der Waals surface area contributed by atoms with E-state index in [1.165, 1.54) is 26.0 Å². The summed E-state index contributed by atoms with van der Waals surface area (Å²) in [6.07, 6.45) is 6.10. The lowest BCUT2D eigenvalue weighted by atomic mass is 10.2. The molecule has 1 fully saturated rings. The highest BCUT2D eigenvalue weighted by Crippen LogP contribution is 2.31. The number of methoxy groups -OCH3 is 1. The number of hydrogen-bond donors (Lipinski definition) is 1. The molecule has 28 heavy (non-hydrogen) atoms. The Hall–Kier alpha value is -3.03. The van der Waals surface area contributed by atoms with E-state index in [2.05, 4.69) is 10.4 Å². The van der Waals surface area contributed by atoms with Crippen molar-refractivity contribution in [2.45, 2.75) is 38.6 Å². The lowest BCUT2D eigenvalue weighted by Gasteiger charge is -2.14. The van der Waals surface area contributed by atoms with Gasteiger partial charge in [0.05, 0.1) is 31.5 Å². The molecule has 0 saturated heterocycles. The predicted molar refractivity (Wildman–Crippen MR) is 103 cm³/mol. The van der Waals surface area contributed by atoms with Crippen molar-refractivity contribution >= 4 is 17.7 Å². The summed E-state index contributed by atoms with van der Waals surface area (Å²) in [5.41, 5.74) is 0.285. The average Bonchev–Trinajstić information content (AvgIpc) is 3.38. The first-order valence-corrected chi connectivity index (χ1v) is 9.43. The molecule has 1 aromatic carbocycles. The van der Waals surface area contributed by atoms with Crippen LogP contribution in [0.25, 0.3) is 0 Å². The van der Waals surface area contributed by atoms with Crippen molar-refractivity contribution < 1.29 is 23.8 Å². The van der Waals surface area contributed by atoms with Gasteiger partial charge in [-0.05, 0) is 38.0 Å². The number of carbonyl (C=O) groups is 2. The van der Waals surface area contributed by atoms with Gasteiger partial charge in [0.15, 0.2) is 18.1 Å². The van der Waals surface area contributed by atoms with Crippen LogP contribution in [0.5, 0.6) is 11.5 Å². The summed E-state index contributed by atoms with van der Waals surface area (Å²) in [6, 6.07) is 6.79. The molecule has 0 atom stereocenters. The molecule has 1 heterocycles. The normalized spacial score (nSPS) is 13.9. The lowest BCUT2D eigenvalue weighted by molar-refractivity contribution is -0.119. The third-order valence-corrected chi connectivity index (χ3v) is 4.64. The second kappa shape index (κ2) is 9.25. The van der Waals surface area contributed by atoms with E-state index < -0.39 is 11.9 Å². The molecular formula is C20H25N3O5. The maximum absolute atomic E-state index is 12.3. The van der Waals surface area contributed by atoms with Crippen molar-refractivity contribution in [3.8, 4) is 11.5 Å². The van der Waals surface area contributed by atoms with E-state index >= 15 is 0 Å². The Morgan fingerprint density at radius 1 is 1.21 bits per heavy atom. The van der Waals surface area contributed by atoms with Crippen LogP contribution in [0, 0.1) is 0 Å². The van der Waals surface area contributed by atoms with E-state index in [0.29, 0.717) is 30.0 Å². The molecule has 1 amide bonds. The molecule has 8 heteroatoms. The average molecular weight is 387 g/mol. The molecule has 150 valence electrons. The van der Waals surface area contributed by atoms with Gasteiger partial charge < -0.3 is 19.5 Å². The van der Waals surface area contributed by atoms with Gasteiger partial charge in [-0.15, -0.1) is 0 Å². The number of hydrogen-bond acceptors (Lipinski definition) is 6. The Bertz CT molecular complexity index is 827. The summed E-state index contributed by atoms with van der Waals surface area (Å²) in [5.74, 6) is 0.575. The minimum atomic E-state index is -0.608. The van der Waals surface area contributed by atoms with Gasteiger partial charge in [-0.3, -0.25) is 4.79 Å². The maximum atomic E-state index is 12.3. The van der Waals surface area contributed by atoms with Crippen LogP contribution in [0.3, 0.4) is 0 Å². The van der Waals surface area contributed by atoms with Gasteiger partial charge in [-0.2, -0.15) is 5.10 Å². The van der Waals surface area contributed by atoms with Crippen molar-refractivity contribution in [3.05, 3.63) is 36.0 Å². The number of ether oxygens (including phenoxy) is 3. The van der Waals surface area contributed by atoms with Crippen molar-refractivity contribution in [1.82, 2.24) is 9.78 Å². The number of amides is 1. The van der Waals surface area contributed by atoms with E-state index in [4.69, 9.17) is 14.2 Å². The number of nitrogens with one attached hydrogen (secondary N) is 1.